The van der Waals surface area contributed by atoms with Gasteiger partial charge in [0.2, 0.25) is 0 Å². The fourth-order valence-corrected chi connectivity index (χ4v) is 0.887. The lowest BCUT2D eigenvalue weighted by atomic mass is 10.1. The van der Waals surface area contributed by atoms with E-state index < -0.39 is 0 Å². The highest BCUT2D eigenvalue weighted by molar-refractivity contribution is 5.16. The van der Waals surface area contributed by atoms with Crippen LogP contribution < -0.4 is 0 Å². The van der Waals surface area contributed by atoms with Crippen molar-refractivity contribution >= 4 is 0 Å². The highest BCUT2D eigenvalue weighted by Gasteiger charge is 1.84. The molecule has 0 aliphatic rings. The van der Waals surface area contributed by atoms with Crippen LogP contribution in [-0.4, -0.2) is 0 Å². The van der Waals surface area contributed by atoms with Gasteiger partial charge in [-0.2, -0.15) is 0 Å². The molecule has 0 saturated heterocycles. The fraction of sp³-hybridized carbons (Fsp3) is 0.556. The highest BCUT2D eigenvalue weighted by Crippen LogP contribution is 2.05. The molecule has 0 aromatic carbocycles. The summed E-state index contributed by atoms with van der Waals surface area (Å²) in [6, 6.07) is 0. The molecule has 0 aromatic rings. The smallest absolute Gasteiger partial charge is 0.0322 e. The van der Waals surface area contributed by atoms with Crippen molar-refractivity contribution in [2.24, 2.45) is 0 Å². The van der Waals surface area contributed by atoms with Crippen LogP contribution in [0.1, 0.15) is 33.6 Å². The van der Waals surface area contributed by atoms with Crippen LogP contribution in [0.2, 0.25) is 0 Å². The van der Waals surface area contributed by atoms with Gasteiger partial charge in [0.15, 0.2) is 0 Å². The third-order valence-electron chi connectivity index (χ3n) is 1.14. The molecule has 0 spiro atoms. The summed E-state index contributed by atoms with van der Waals surface area (Å²) in [5.74, 6) is 0. The van der Waals surface area contributed by atoms with E-state index in [9.17, 15) is 0 Å². The Kier molecular flexibility index (Phi) is 4.12. The van der Waals surface area contributed by atoms with Gasteiger partial charge < -0.3 is 0 Å². The zero-order valence-electron chi connectivity index (χ0n) is 6.70. The van der Waals surface area contributed by atoms with Crippen LogP contribution in [0.5, 0.6) is 0 Å². The molecule has 0 fully saturated rings. The second kappa shape index (κ2) is 4.37. The van der Waals surface area contributed by atoms with Gasteiger partial charge in [0, 0.05) is 0 Å². The van der Waals surface area contributed by atoms with Crippen LogP contribution in [0, 0.1) is 0 Å². The number of rotatable bonds is 3. The van der Waals surface area contributed by atoms with E-state index in [4.69, 9.17) is 0 Å². The molecule has 0 bridgehead atoms. The molecule has 0 rings (SSSR count). The van der Waals surface area contributed by atoms with Gasteiger partial charge in [-0.1, -0.05) is 37.1 Å². The average molecular weight is 124 g/mol. The van der Waals surface area contributed by atoms with E-state index in [1.54, 1.807) is 0 Å². The van der Waals surface area contributed by atoms with Crippen molar-refractivity contribution in [2.75, 3.05) is 0 Å². The third kappa shape index (κ3) is 5.35. The van der Waals surface area contributed by atoms with E-state index in [2.05, 4.69) is 26.5 Å². The Labute approximate surface area is 58.3 Å². The van der Waals surface area contributed by atoms with E-state index in [0.29, 0.717) is 0 Å². The van der Waals surface area contributed by atoms with Crippen molar-refractivity contribution in [3.05, 3.63) is 23.8 Å². The van der Waals surface area contributed by atoms with Crippen molar-refractivity contribution in [3.63, 3.8) is 0 Å². The Bertz CT molecular complexity index is 118. The van der Waals surface area contributed by atoms with Gasteiger partial charge in [0.25, 0.3) is 0 Å². The van der Waals surface area contributed by atoms with Gasteiger partial charge in [0.05, 0.1) is 0 Å². The van der Waals surface area contributed by atoms with Crippen LogP contribution in [0.4, 0.5) is 0 Å². The summed E-state index contributed by atoms with van der Waals surface area (Å²) in [6.07, 6.45) is 4.58. The van der Waals surface area contributed by atoms with Gasteiger partial charge in [-0.3, -0.25) is 0 Å². The maximum atomic E-state index is 3.80. The van der Waals surface area contributed by atoms with Crippen molar-refractivity contribution in [1.29, 1.82) is 0 Å². The van der Waals surface area contributed by atoms with Gasteiger partial charge in [-0.05, 0) is 20.3 Å². The zero-order chi connectivity index (χ0) is 7.28. The minimum Gasteiger partial charge on any atom is -0.0961 e. The summed E-state index contributed by atoms with van der Waals surface area (Å²) in [7, 11) is 0. The molecule has 0 heterocycles. The molecule has 0 radical (unpaired) electrons. The molecule has 0 unspecified atom stereocenters. The molecule has 0 saturated carbocycles. The van der Waals surface area contributed by atoms with E-state index in [1.165, 1.54) is 18.4 Å². The minimum atomic E-state index is 1.15. The van der Waals surface area contributed by atoms with Crippen molar-refractivity contribution < 1.29 is 0 Å². The van der Waals surface area contributed by atoms with Crippen LogP contribution >= 0.6 is 0 Å². The third-order valence-corrected chi connectivity index (χ3v) is 1.14. The van der Waals surface area contributed by atoms with Crippen LogP contribution in [0.15, 0.2) is 23.8 Å². The highest BCUT2D eigenvalue weighted by atomic mass is 13.9. The van der Waals surface area contributed by atoms with Crippen molar-refractivity contribution in [2.45, 2.75) is 33.6 Å². The molecule has 0 atom stereocenters. The Morgan fingerprint density at radius 2 is 2.00 bits per heavy atom. The van der Waals surface area contributed by atoms with Gasteiger partial charge in [-0.15, -0.1) is 0 Å². The maximum absolute atomic E-state index is 3.80. The zero-order valence-corrected chi connectivity index (χ0v) is 6.70. The molecule has 52 valence electrons. The lowest BCUT2D eigenvalue weighted by Gasteiger charge is -1.95. The second-order valence-corrected chi connectivity index (χ2v) is 2.59. The monoisotopic (exact) mass is 124 g/mol. The molecule has 0 aliphatic carbocycles. The predicted octanol–water partition coefficient (Wildman–Crippen LogP) is 3.31. The first kappa shape index (κ1) is 8.48. The average Bonchev–Trinajstić information content (AvgIpc) is 1.63. The molecular formula is C9H16. The van der Waals surface area contributed by atoms with E-state index >= 15 is 0 Å². The van der Waals surface area contributed by atoms with E-state index in [1.807, 2.05) is 6.92 Å². The van der Waals surface area contributed by atoms with Gasteiger partial charge >= 0.3 is 0 Å². The van der Waals surface area contributed by atoms with Crippen LogP contribution in [-0.2, 0) is 0 Å². The summed E-state index contributed by atoms with van der Waals surface area (Å²) < 4.78 is 0. The molecular weight excluding hydrogens is 108 g/mol. The lowest BCUT2D eigenvalue weighted by molar-refractivity contribution is 0.904. The first-order valence-corrected chi connectivity index (χ1v) is 3.49. The van der Waals surface area contributed by atoms with Gasteiger partial charge in [-0.25, -0.2) is 0 Å². The quantitative estimate of drug-likeness (QED) is 0.506. The standard InChI is InChI=1S/C9H16/c1-5-6-9(4)7-8(2)3/h7H,2,5-6H2,1,3-4H3/b9-7-. The number of hydrogen-bond acceptors (Lipinski definition) is 0. The van der Waals surface area contributed by atoms with E-state index in [0.717, 1.165) is 5.57 Å². The molecule has 0 aliphatic heterocycles. The predicted molar refractivity (Wildman–Crippen MR) is 43.5 cm³/mol. The summed E-state index contributed by atoms with van der Waals surface area (Å²) in [4.78, 5) is 0. The van der Waals surface area contributed by atoms with Crippen molar-refractivity contribution in [1.82, 2.24) is 0 Å². The van der Waals surface area contributed by atoms with Crippen molar-refractivity contribution in [3.8, 4) is 0 Å². The molecule has 0 heteroatoms. The molecule has 0 aromatic heterocycles. The largest absolute Gasteiger partial charge is 0.0961 e. The van der Waals surface area contributed by atoms with Gasteiger partial charge in [0.1, 0.15) is 0 Å². The summed E-state index contributed by atoms with van der Waals surface area (Å²) in [5, 5.41) is 0. The second-order valence-electron chi connectivity index (χ2n) is 2.59. The summed E-state index contributed by atoms with van der Waals surface area (Å²) in [6.45, 7) is 10.2. The Balaban J connectivity index is 3.69. The number of hydrogen-bond donors (Lipinski definition) is 0. The minimum absolute atomic E-state index is 1.15. The first-order valence-electron chi connectivity index (χ1n) is 3.49. The Morgan fingerprint density at radius 1 is 1.44 bits per heavy atom. The maximum Gasteiger partial charge on any atom is -0.0322 e. The van der Waals surface area contributed by atoms with Crippen LogP contribution in [0.3, 0.4) is 0 Å². The fourth-order valence-electron chi connectivity index (χ4n) is 0.887. The molecule has 0 N–H and O–H groups in total. The Morgan fingerprint density at radius 3 is 2.33 bits per heavy atom. The normalized spacial score (nSPS) is 11.7. The first-order chi connectivity index (χ1) is 4.16. The van der Waals surface area contributed by atoms with Crippen LogP contribution in [0.25, 0.3) is 0 Å². The molecule has 0 amide bonds. The molecule has 0 nitrogen and oxygen atoms in total. The summed E-state index contributed by atoms with van der Waals surface area (Å²) >= 11 is 0. The SMILES string of the molecule is C=C(C)/C=C(/C)CCC. The Hall–Kier alpha value is -0.520. The lowest BCUT2D eigenvalue weighted by Crippen LogP contribution is -1.74. The van der Waals surface area contributed by atoms with E-state index in [-0.39, 0.29) is 0 Å². The molecule has 9 heavy (non-hydrogen) atoms. The number of allylic oxidation sites excluding steroid dienone is 3. The topological polar surface area (TPSA) is 0 Å². The summed E-state index contributed by atoms with van der Waals surface area (Å²) in [5.41, 5.74) is 2.59.